The molecular weight excluding hydrogens is 236 g/mol. The first kappa shape index (κ1) is 13.8. The van der Waals surface area contributed by atoms with Crippen molar-refractivity contribution in [2.24, 2.45) is 0 Å². The fourth-order valence-corrected chi connectivity index (χ4v) is 2.38. The van der Waals surface area contributed by atoms with E-state index in [4.69, 9.17) is 4.74 Å². The Labute approximate surface area is 116 Å². The van der Waals surface area contributed by atoms with Crippen molar-refractivity contribution in [3.05, 3.63) is 36.7 Å². The molecule has 104 valence electrons. The second-order valence-electron chi connectivity index (χ2n) is 4.95. The Hall–Kier alpha value is -1.64. The highest BCUT2D eigenvalue weighted by Crippen LogP contribution is 2.29. The summed E-state index contributed by atoms with van der Waals surface area (Å²) in [5, 5.41) is 0. The highest BCUT2D eigenvalue weighted by molar-refractivity contribution is 5.60. The number of rotatable bonds is 7. The minimum atomic E-state index is 0.923. The molecule has 0 saturated heterocycles. The molecule has 1 aromatic carbocycles. The maximum absolute atomic E-state index is 5.41. The molecule has 0 unspecified atom stereocenters. The van der Waals surface area contributed by atoms with Crippen molar-refractivity contribution < 1.29 is 4.74 Å². The molecule has 0 aromatic heterocycles. The second kappa shape index (κ2) is 7.07. The molecule has 0 amide bonds. The Bertz CT molecular complexity index is 417. The summed E-state index contributed by atoms with van der Waals surface area (Å²) < 4.78 is 5.41. The molecule has 0 fully saturated rings. The number of nitrogens with zero attached hydrogens (tertiary/aromatic N) is 2. The lowest BCUT2D eigenvalue weighted by molar-refractivity contribution is 0.385. The molecule has 0 saturated carbocycles. The first-order valence-corrected chi connectivity index (χ1v) is 7.17. The Morgan fingerprint density at radius 1 is 1.11 bits per heavy atom. The Balaban J connectivity index is 1.86. The van der Waals surface area contributed by atoms with Gasteiger partial charge in [-0.1, -0.05) is 38.3 Å². The van der Waals surface area contributed by atoms with E-state index in [1.165, 1.54) is 25.7 Å². The molecular formula is C16H24N2O. The van der Waals surface area contributed by atoms with Crippen molar-refractivity contribution in [1.82, 2.24) is 4.90 Å². The summed E-state index contributed by atoms with van der Waals surface area (Å²) in [4.78, 5) is 4.60. The SMILES string of the molecule is CCCCCCN1C=CN(c2ccccc2OC)C1. The standard InChI is InChI=1S/C16H24N2O/c1-3-4-5-8-11-17-12-13-18(14-17)15-9-6-7-10-16(15)19-2/h6-7,9-10,12-13H,3-5,8,11,14H2,1-2H3. The number of para-hydroxylation sites is 2. The third-order valence-electron chi connectivity index (χ3n) is 3.48. The Morgan fingerprint density at radius 3 is 2.74 bits per heavy atom. The number of benzene rings is 1. The maximum Gasteiger partial charge on any atom is 0.142 e. The molecule has 19 heavy (non-hydrogen) atoms. The fourth-order valence-electron chi connectivity index (χ4n) is 2.38. The zero-order chi connectivity index (χ0) is 13.5. The van der Waals surface area contributed by atoms with Gasteiger partial charge in [-0.05, 0) is 18.6 Å². The van der Waals surface area contributed by atoms with Crippen molar-refractivity contribution in [1.29, 1.82) is 0 Å². The highest BCUT2D eigenvalue weighted by atomic mass is 16.5. The maximum atomic E-state index is 5.41. The topological polar surface area (TPSA) is 15.7 Å². The zero-order valence-corrected chi connectivity index (χ0v) is 12.0. The predicted molar refractivity (Wildman–Crippen MR) is 80.3 cm³/mol. The lowest BCUT2D eigenvalue weighted by Gasteiger charge is -2.22. The lowest BCUT2D eigenvalue weighted by atomic mass is 10.2. The van der Waals surface area contributed by atoms with Gasteiger partial charge in [-0.15, -0.1) is 0 Å². The minimum absolute atomic E-state index is 0.923. The van der Waals surface area contributed by atoms with Crippen LogP contribution in [0, 0.1) is 0 Å². The normalized spacial score (nSPS) is 14.2. The van der Waals surface area contributed by atoms with Crippen LogP contribution in [0.3, 0.4) is 0 Å². The summed E-state index contributed by atoms with van der Waals surface area (Å²) in [6, 6.07) is 8.16. The van der Waals surface area contributed by atoms with Gasteiger partial charge in [-0.2, -0.15) is 0 Å². The van der Waals surface area contributed by atoms with Gasteiger partial charge in [0.2, 0.25) is 0 Å². The third-order valence-corrected chi connectivity index (χ3v) is 3.48. The summed E-state index contributed by atoms with van der Waals surface area (Å²) in [6.07, 6.45) is 9.56. The van der Waals surface area contributed by atoms with Crippen molar-refractivity contribution in [3.63, 3.8) is 0 Å². The Kier molecular flexibility index (Phi) is 5.13. The zero-order valence-electron chi connectivity index (χ0n) is 12.0. The molecule has 1 aromatic rings. The average molecular weight is 260 g/mol. The largest absolute Gasteiger partial charge is 0.495 e. The van der Waals surface area contributed by atoms with E-state index in [9.17, 15) is 0 Å². The van der Waals surface area contributed by atoms with Gasteiger partial charge in [-0.25, -0.2) is 0 Å². The van der Waals surface area contributed by atoms with Crippen LogP contribution in [-0.2, 0) is 0 Å². The second-order valence-corrected chi connectivity index (χ2v) is 4.95. The van der Waals surface area contributed by atoms with Gasteiger partial charge in [0, 0.05) is 18.9 Å². The summed E-state index contributed by atoms with van der Waals surface area (Å²) in [6.45, 7) is 4.31. The molecule has 0 radical (unpaired) electrons. The van der Waals surface area contributed by atoms with Gasteiger partial charge in [0.1, 0.15) is 5.75 Å². The van der Waals surface area contributed by atoms with Crippen LogP contribution in [0.1, 0.15) is 32.6 Å². The number of unbranched alkanes of at least 4 members (excludes halogenated alkanes) is 3. The van der Waals surface area contributed by atoms with Crippen LogP contribution < -0.4 is 9.64 Å². The predicted octanol–water partition coefficient (Wildman–Crippen LogP) is 3.83. The molecule has 3 heteroatoms. The van der Waals surface area contributed by atoms with Crippen LogP contribution >= 0.6 is 0 Å². The number of methoxy groups -OCH3 is 1. The van der Waals surface area contributed by atoms with Crippen LogP contribution in [-0.4, -0.2) is 25.2 Å². The van der Waals surface area contributed by atoms with Crippen molar-refractivity contribution in [2.75, 3.05) is 25.2 Å². The molecule has 0 N–H and O–H groups in total. The average Bonchev–Trinajstić information content (AvgIpc) is 2.92. The van der Waals surface area contributed by atoms with Gasteiger partial charge in [-0.3, -0.25) is 0 Å². The molecule has 0 aliphatic carbocycles. The van der Waals surface area contributed by atoms with E-state index < -0.39 is 0 Å². The van der Waals surface area contributed by atoms with Crippen LogP contribution in [0.2, 0.25) is 0 Å². The van der Waals surface area contributed by atoms with Crippen LogP contribution in [0.25, 0.3) is 0 Å². The smallest absolute Gasteiger partial charge is 0.142 e. The van der Waals surface area contributed by atoms with E-state index in [1.54, 1.807) is 7.11 Å². The summed E-state index contributed by atoms with van der Waals surface area (Å²) >= 11 is 0. The summed E-state index contributed by atoms with van der Waals surface area (Å²) in [7, 11) is 1.72. The van der Waals surface area contributed by atoms with E-state index in [0.29, 0.717) is 0 Å². The molecule has 3 nitrogen and oxygen atoms in total. The molecule has 0 atom stereocenters. The summed E-state index contributed by atoms with van der Waals surface area (Å²) in [5.74, 6) is 0.931. The van der Waals surface area contributed by atoms with Crippen molar-refractivity contribution in [3.8, 4) is 5.75 Å². The molecule has 1 heterocycles. The van der Waals surface area contributed by atoms with Gasteiger partial charge in [0.05, 0.1) is 19.5 Å². The van der Waals surface area contributed by atoms with Gasteiger partial charge >= 0.3 is 0 Å². The lowest BCUT2D eigenvalue weighted by Crippen LogP contribution is -2.26. The van der Waals surface area contributed by atoms with Crippen molar-refractivity contribution >= 4 is 5.69 Å². The quantitative estimate of drug-likeness (QED) is 0.693. The number of hydrogen-bond acceptors (Lipinski definition) is 3. The van der Waals surface area contributed by atoms with Gasteiger partial charge in [0.15, 0.2) is 0 Å². The summed E-state index contributed by atoms with van der Waals surface area (Å²) in [5.41, 5.74) is 1.14. The molecule has 0 spiro atoms. The monoisotopic (exact) mass is 260 g/mol. The highest BCUT2D eigenvalue weighted by Gasteiger charge is 2.16. The minimum Gasteiger partial charge on any atom is -0.495 e. The van der Waals surface area contributed by atoms with E-state index in [0.717, 1.165) is 24.7 Å². The van der Waals surface area contributed by atoms with Crippen LogP contribution in [0.4, 0.5) is 5.69 Å². The third kappa shape index (κ3) is 3.66. The van der Waals surface area contributed by atoms with E-state index in [1.807, 2.05) is 12.1 Å². The van der Waals surface area contributed by atoms with E-state index in [2.05, 4.69) is 41.3 Å². The Morgan fingerprint density at radius 2 is 1.95 bits per heavy atom. The van der Waals surface area contributed by atoms with Crippen molar-refractivity contribution in [2.45, 2.75) is 32.6 Å². The van der Waals surface area contributed by atoms with Crippen LogP contribution in [0.5, 0.6) is 5.75 Å². The van der Waals surface area contributed by atoms with Gasteiger partial charge < -0.3 is 14.5 Å². The molecule has 1 aliphatic rings. The molecule has 0 bridgehead atoms. The first-order chi connectivity index (χ1) is 9.35. The fraction of sp³-hybridized carbons (Fsp3) is 0.500. The van der Waals surface area contributed by atoms with Gasteiger partial charge in [0.25, 0.3) is 0 Å². The van der Waals surface area contributed by atoms with Crippen LogP contribution in [0.15, 0.2) is 36.7 Å². The number of ether oxygens (including phenoxy) is 1. The van der Waals surface area contributed by atoms with E-state index >= 15 is 0 Å². The van der Waals surface area contributed by atoms with E-state index in [-0.39, 0.29) is 0 Å². The molecule has 1 aliphatic heterocycles. The molecule has 2 rings (SSSR count). The first-order valence-electron chi connectivity index (χ1n) is 7.17. The number of hydrogen-bond donors (Lipinski definition) is 0. The number of anilines is 1.